The molecule has 42 heavy (non-hydrogen) atoms. The van der Waals surface area contributed by atoms with Crippen LogP contribution in [0.5, 0.6) is 0 Å². The van der Waals surface area contributed by atoms with Crippen LogP contribution in [0, 0.1) is 0 Å². The van der Waals surface area contributed by atoms with Gasteiger partial charge in [-0.2, -0.15) is 0 Å². The molecular formula is C27H47N3O12. The van der Waals surface area contributed by atoms with Crippen molar-refractivity contribution in [2.45, 2.75) is 128 Å². The van der Waals surface area contributed by atoms with Crippen LogP contribution >= 0.6 is 0 Å². The van der Waals surface area contributed by atoms with Gasteiger partial charge in [-0.3, -0.25) is 4.79 Å². The monoisotopic (exact) mass is 605 g/mol. The summed E-state index contributed by atoms with van der Waals surface area (Å²) in [5.41, 5.74) is 9.18. The molecule has 0 amide bonds. The van der Waals surface area contributed by atoms with Gasteiger partial charge >= 0.3 is 11.9 Å². The molecule has 0 aromatic rings. The third kappa shape index (κ3) is 10.3. The van der Waals surface area contributed by atoms with E-state index >= 15 is 0 Å². The summed E-state index contributed by atoms with van der Waals surface area (Å²) in [5, 5.41) is 25.8. The van der Waals surface area contributed by atoms with E-state index in [4.69, 9.17) is 37.9 Å². The van der Waals surface area contributed by atoms with E-state index in [1.165, 1.54) is 14.0 Å². The van der Waals surface area contributed by atoms with Gasteiger partial charge in [0.05, 0.1) is 13.2 Å². The van der Waals surface area contributed by atoms with E-state index in [9.17, 15) is 25.3 Å². The first kappa shape index (κ1) is 36.1. The van der Waals surface area contributed by atoms with Crippen LogP contribution < -0.4 is 0 Å². The van der Waals surface area contributed by atoms with E-state index < -0.39 is 73.3 Å². The standard InChI is InChI=1S/C27H47N3O12/c1-6-9-12-36-21-18(29-30-28)25(33)40-17(15-39-16(4)31)20(21)41-27-19(32)22(37-13-10-7-2)23(38-14-11-8-3)24(42-27)26(34)35-5/h17-25,27,32-33H,6-15H2,1-5H3/t17?,18-,19-,20-,21?,22?,23-,24?,25?,27+/m0/s1. The van der Waals surface area contributed by atoms with Crippen LogP contribution in [-0.2, 0) is 47.5 Å². The lowest BCUT2D eigenvalue weighted by atomic mass is 9.95. The second-order valence-electron chi connectivity index (χ2n) is 10.2. The SMILES string of the molecule is CCCCOC1[C@H](N=[N+]=[N-])C(O)OC(COC(C)=O)[C@@H]1O[C@@H]1OC(C(=O)OC)[C@@H](OCCCC)C(OCCCC)[C@@H]1O. The van der Waals surface area contributed by atoms with Crippen LogP contribution in [0.4, 0.5) is 0 Å². The molecule has 0 aromatic carbocycles. The summed E-state index contributed by atoms with van der Waals surface area (Å²) in [6.07, 6.45) is -6.79. The average molecular weight is 606 g/mol. The second kappa shape index (κ2) is 19.3. The van der Waals surface area contributed by atoms with Crippen molar-refractivity contribution in [3.05, 3.63) is 10.4 Å². The Morgan fingerprint density at radius 2 is 1.45 bits per heavy atom. The van der Waals surface area contributed by atoms with Crippen LogP contribution in [0.3, 0.4) is 0 Å². The van der Waals surface area contributed by atoms with Gasteiger partial charge in [-0.25, -0.2) is 4.79 Å². The first-order valence-electron chi connectivity index (χ1n) is 14.7. The predicted molar refractivity (Wildman–Crippen MR) is 146 cm³/mol. The molecule has 0 aromatic heterocycles. The number of unbranched alkanes of at least 4 members (excludes halogenated alkanes) is 3. The fourth-order valence-electron chi connectivity index (χ4n) is 4.64. The van der Waals surface area contributed by atoms with Crippen molar-refractivity contribution in [2.75, 3.05) is 33.5 Å². The van der Waals surface area contributed by atoms with Crippen molar-refractivity contribution in [1.29, 1.82) is 0 Å². The number of hydrogen-bond acceptors (Lipinski definition) is 13. The largest absolute Gasteiger partial charge is 0.467 e. The van der Waals surface area contributed by atoms with Crippen LogP contribution in [0.2, 0.25) is 0 Å². The topological polar surface area (TPSA) is 197 Å². The van der Waals surface area contributed by atoms with Gasteiger partial charge in [-0.05, 0) is 24.8 Å². The summed E-state index contributed by atoms with van der Waals surface area (Å²) in [6, 6.07) is -1.25. The van der Waals surface area contributed by atoms with Crippen molar-refractivity contribution >= 4 is 11.9 Å². The lowest BCUT2D eigenvalue weighted by Gasteiger charge is -2.47. The van der Waals surface area contributed by atoms with E-state index in [1.807, 2.05) is 20.8 Å². The van der Waals surface area contributed by atoms with Gasteiger partial charge in [0.1, 0.15) is 43.2 Å². The number of azide groups is 1. The number of carbonyl (C=O) groups excluding carboxylic acids is 2. The molecule has 0 saturated carbocycles. The number of methoxy groups -OCH3 is 1. The lowest BCUT2D eigenvalue weighted by molar-refractivity contribution is -0.348. The van der Waals surface area contributed by atoms with Gasteiger partial charge < -0.3 is 48.1 Å². The normalized spacial score (nSPS) is 33.0. The Morgan fingerprint density at radius 3 is 1.98 bits per heavy atom. The molecule has 2 aliphatic heterocycles. The Balaban J connectivity index is 2.47. The summed E-state index contributed by atoms with van der Waals surface area (Å²) in [4.78, 5) is 27.3. The maximum atomic E-state index is 12.9. The number of hydrogen-bond donors (Lipinski definition) is 2. The molecule has 242 valence electrons. The number of aliphatic hydroxyl groups excluding tert-OH is 2. The van der Waals surface area contributed by atoms with E-state index in [1.54, 1.807) is 0 Å². The van der Waals surface area contributed by atoms with Gasteiger partial charge in [0, 0.05) is 31.7 Å². The highest BCUT2D eigenvalue weighted by molar-refractivity contribution is 5.75. The minimum Gasteiger partial charge on any atom is -0.467 e. The zero-order valence-corrected chi connectivity index (χ0v) is 25.2. The van der Waals surface area contributed by atoms with Gasteiger partial charge in [0.15, 0.2) is 18.7 Å². The third-order valence-corrected chi connectivity index (χ3v) is 6.94. The summed E-state index contributed by atoms with van der Waals surface area (Å²) >= 11 is 0. The Labute approximate surface area is 246 Å². The molecule has 2 fully saturated rings. The smallest absolute Gasteiger partial charge is 0.337 e. The lowest BCUT2D eigenvalue weighted by Crippen LogP contribution is -2.66. The highest BCUT2D eigenvalue weighted by Gasteiger charge is 2.54. The van der Waals surface area contributed by atoms with Crippen molar-refractivity contribution in [3.8, 4) is 0 Å². The average Bonchev–Trinajstić information content (AvgIpc) is 2.97. The van der Waals surface area contributed by atoms with Gasteiger partial charge in [-0.1, -0.05) is 45.1 Å². The Hall–Kier alpha value is -2.07. The zero-order chi connectivity index (χ0) is 31.1. The van der Waals surface area contributed by atoms with Gasteiger partial charge in [-0.15, -0.1) is 0 Å². The van der Waals surface area contributed by atoms with Crippen molar-refractivity contribution < 1.29 is 57.7 Å². The van der Waals surface area contributed by atoms with E-state index in [2.05, 4.69) is 10.0 Å². The zero-order valence-electron chi connectivity index (χ0n) is 25.2. The molecule has 0 radical (unpaired) electrons. The maximum absolute atomic E-state index is 12.9. The van der Waals surface area contributed by atoms with Gasteiger partial charge in [0.25, 0.3) is 0 Å². The molecule has 15 nitrogen and oxygen atoms in total. The molecule has 2 saturated heterocycles. The second-order valence-corrected chi connectivity index (χ2v) is 10.2. The van der Waals surface area contributed by atoms with Crippen molar-refractivity contribution in [2.24, 2.45) is 5.11 Å². The van der Waals surface area contributed by atoms with Crippen LogP contribution in [0.15, 0.2) is 5.11 Å². The Morgan fingerprint density at radius 1 is 0.881 bits per heavy atom. The summed E-state index contributed by atoms with van der Waals surface area (Å²) in [6.45, 7) is 7.59. The summed E-state index contributed by atoms with van der Waals surface area (Å²) in [5.74, 6) is -1.36. The molecule has 15 heteroatoms. The molecule has 2 N–H and O–H groups in total. The molecule has 0 spiro atoms. The first-order chi connectivity index (χ1) is 20.2. The third-order valence-electron chi connectivity index (χ3n) is 6.94. The number of rotatable bonds is 18. The number of esters is 2. The molecule has 0 bridgehead atoms. The fourth-order valence-corrected chi connectivity index (χ4v) is 4.64. The Bertz CT molecular complexity index is 860. The van der Waals surface area contributed by atoms with E-state index in [0.717, 1.165) is 19.3 Å². The first-order valence-corrected chi connectivity index (χ1v) is 14.7. The van der Waals surface area contributed by atoms with E-state index in [0.29, 0.717) is 25.9 Å². The van der Waals surface area contributed by atoms with Crippen molar-refractivity contribution in [3.63, 3.8) is 0 Å². The number of ether oxygens (including phenoxy) is 8. The number of aliphatic hydroxyl groups is 2. The van der Waals surface area contributed by atoms with Crippen LogP contribution in [0.1, 0.15) is 66.2 Å². The van der Waals surface area contributed by atoms with E-state index in [-0.39, 0.29) is 19.8 Å². The summed E-state index contributed by atoms with van der Waals surface area (Å²) in [7, 11) is 1.20. The molecule has 0 aliphatic carbocycles. The number of nitrogens with zero attached hydrogens (tertiary/aromatic N) is 3. The molecular weight excluding hydrogens is 558 g/mol. The maximum Gasteiger partial charge on any atom is 0.337 e. The predicted octanol–water partition coefficient (Wildman–Crippen LogP) is 2.15. The Kier molecular flexibility index (Phi) is 16.6. The molecule has 2 aliphatic rings. The molecule has 5 unspecified atom stereocenters. The van der Waals surface area contributed by atoms with Crippen molar-refractivity contribution in [1.82, 2.24) is 0 Å². The van der Waals surface area contributed by atoms with Gasteiger partial charge in [0.2, 0.25) is 0 Å². The fraction of sp³-hybridized carbons (Fsp3) is 0.926. The highest BCUT2D eigenvalue weighted by atomic mass is 16.7. The molecule has 2 heterocycles. The highest BCUT2D eigenvalue weighted by Crippen LogP contribution is 2.34. The summed E-state index contributed by atoms with van der Waals surface area (Å²) < 4.78 is 46.0. The quantitative estimate of drug-likeness (QED) is 0.0760. The molecule has 10 atom stereocenters. The van der Waals surface area contributed by atoms with Crippen LogP contribution in [-0.4, -0.2) is 117 Å². The molecule has 2 rings (SSSR count). The minimum atomic E-state index is -1.60. The number of carbonyl (C=O) groups is 2. The van der Waals surface area contributed by atoms with Crippen LogP contribution in [0.25, 0.3) is 10.4 Å². The minimum absolute atomic E-state index is 0.223.